The van der Waals surface area contributed by atoms with Gasteiger partial charge in [0.1, 0.15) is 0 Å². The maximum Gasteiger partial charge on any atom is 0.252 e. The molecule has 6 heteroatoms. The summed E-state index contributed by atoms with van der Waals surface area (Å²) in [4.78, 5) is 17.6. The number of amides is 1. The number of hydrogen-bond acceptors (Lipinski definition) is 4. The molecule has 0 aliphatic carbocycles. The predicted molar refractivity (Wildman–Crippen MR) is 104 cm³/mol. The Morgan fingerprint density at radius 2 is 2.04 bits per heavy atom. The molecule has 0 unspecified atom stereocenters. The Morgan fingerprint density at radius 1 is 1.26 bits per heavy atom. The van der Waals surface area contributed by atoms with Crippen molar-refractivity contribution in [2.45, 2.75) is 39.7 Å². The van der Waals surface area contributed by atoms with Crippen LogP contribution in [0, 0.1) is 20.8 Å². The lowest BCUT2D eigenvalue weighted by Gasteiger charge is -2.12. The lowest BCUT2D eigenvalue weighted by Crippen LogP contribution is -2.32. The number of rotatable bonds is 4. The van der Waals surface area contributed by atoms with Gasteiger partial charge >= 0.3 is 0 Å². The lowest BCUT2D eigenvalue weighted by molar-refractivity contribution is 0.0859. The predicted octanol–water partition coefficient (Wildman–Crippen LogP) is 3.25. The second kappa shape index (κ2) is 7.12. The van der Waals surface area contributed by atoms with Gasteiger partial charge < -0.3 is 10.1 Å². The number of aryl methyl sites for hydroxylation is 3. The maximum absolute atomic E-state index is 12.9. The van der Waals surface area contributed by atoms with Crippen LogP contribution in [-0.4, -0.2) is 39.9 Å². The Bertz CT molecular complexity index is 986. The van der Waals surface area contributed by atoms with Crippen molar-refractivity contribution in [3.05, 3.63) is 52.8 Å². The third-order valence-electron chi connectivity index (χ3n) is 4.98. The molecule has 1 saturated heterocycles. The Hall–Kier alpha value is -2.73. The van der Waals surface area contributed by atoms with Gasteiger partial charge in [0.2, 0.25) is 0 Å². The second-order valence-electron chi connectivity index (χ2n) is 7.19. The lowest BCUT2D eigenvalue weighted by atomic mass is 10.1. The van der Waals surface area contributed by atoms with E-state index >= 15 is 0 Å². The van der Waals surface area contributed by atoms with Crippen LogP contribution < -0.4 is 5.32 Å². The van der Waals surface area contributed by atoms with Gasteiger partial charge in [0.25, 0.3) is 5.91 Å². The molecule has 0 spiro atoms. The van der Waals surface area contributed by atoms with E-state index in [9.17, 15) is 4.79 Å². The summed E-state index contributed by atoms with van der Waals surface area (Å²) in [6.07, 6.45) is 2.17. The smallest absolute Gasteiger partial charge is 0.252 e. The number of benzene rings is 1. The van der Waals surface area contributed by atoms with Crippen LogP contribution in [0.3, 0.4) is 0 Å². The first-order chi connectivity index (χ1) is 13.0. The second-order valence-corrected chi connectivity index (χ2v) is 7.19. The van der Waals surface area contributed by atoms with Crippen LogP contribution in [0.15, 0.2) is 30.3 Å². The molecule has 2 aromatic heterocycles. The average Bonchev–Trinajstić information content (AvgIpc) is 3.28. The van der Waals surface area contributed by atoms with Crippen molar-refractivity contribution in [1.29, 1.82) is 0 Å². The van der Waals surface area contributed by atoms with E-state index in [1.165, 1.54) is 5.56 Å². The Kier molecular flexibility index (Phi) is 4.66. The van der Waals surface area contributed by atoms with Gasteiger partial charge in [-0.1, -0.05) is 17.7 Å². The van der Waals surface area contributed by atoms with Crippen molar-refractivity contribution in [1.82, 2.24) is 20.1 Å². The van der Waals surface area contributed by atoms with Gasteiger partial charge in [-0.2, -0.15) is 5.10 Å². The number of fused-ring (bicyclic) bond motifs is 1. The van der Waals surface area contributed by atoms with E-state index in [0.717, 1.165) is 41.9 Å². The molecule has 1 N–H and O–H groups in total. The molecule has 0 saturated carbocycles. The van der Waals surface area contributed by atoms with Crippen molar-refractivity contribution in [2.24, 2.45) is 0 Å². The highest BCUT2D eigenvalue weighted by molar-refractivity contribution is 6.06. The first-order valence-electron chi connectivity index (χ1n) is 9.37. The van der Waals surface area contributed by atoms with Crippen molar-refractivity contribution in [3.8, 4) is 5.69 Å². The van der Waals surface area contributed by atoms with E-state index in [1.54, 1.807) is 0 Å². The van der Waals surface area contributed by atoms with Gasteiger partial charge in [-0.3, -0.25) is 4.79 Å². The first-order valence-corrected chi connectivity index (χ1v) is 9.37. The van der Waals surface area contributed by atoms with Crippen molar-refractivity contribution >= 4 is 16.9 Å². The van der Waals surface area contributed by atoms with Gasteiger partial charge in [-0.25, -0.2) is 9.67 Å². The van der Waals surface area contributed by atoms with Crippen LogP contribution in [0.1, 0.15) is 40.2 Å². The molecule has 27 heavy (non-hydrogen) atoms. The zero-order chi connectivity index (χ0) is 19.0. The topological polar surface area (TPSA) is 69.0 Å². The van der Waals surface area contributed by atoms with Gasteiger partial charge in [0, 0.05) is 18.8 Å². The highest BCUT2D eigenvalue weighted by Gasteiger charge is 2.21. The molecule has 1 fully saturated rings. The number of nitrogens with zero attached hydrogens (tertiary/aromatic N) is 3. The van der Waals surface area contributed by atoms with Crippen LogP contribution >= 0.6 is 0 Å². The Labute approximate surface area is 158 Å². The molecule has 3 heterocycles. The van der Waals surface area contributed by atoms with Crippen LogP contribution in [0.4, 0.5) is 0 Å². The molecular formula is C21H24N4O2. The SMILES string of the molecule is Cc1ccc(-n2nc(C)c3c(C(=O)NC[C@@H]4CCCO4)cc(C)nc32)cc1. The largest absolute Gasteiger partial charge is 0.376 e. The summed E-state index contributed by atoms with van der Waals surface area (Å²) in [6, 6.07) is 9.96. The van der Waals surface area contributed by atoms with E-state index in [2.05, 4.69) is 22.3 Å². The number of ether oxygens (including phenoxy) is 1. The third kappa shape index (κ3) is 3.45. The summed E-state index contributed by atoms with van der Waals surface area (Å²) in [5.41, 5.74) is 5.02. The Balaban J connectivity index is 1.73. The third-order valence-corrected chi connectivity index (χ3v) is 4.98. The van der Waals surface area contributed by atoms with Crippen LogP contribution in [0.2, 0.25) is 0 Å². The molecule has 1 atom stereocenters. The van der Waals surface area contributed by atoms with Gasteiger partial charge in [0.15, 0.2) is 5.65 Å². The van der Waals surface area contributed by atoms with E-state index in [4.69, 9.17) is 4.74 Å². The fraction of sp³-hybridized carbons (Fsp3) is 0.381. The highest BCUT2D eigenvalue weighted by Crippen LogP contribution is 2.25. The summed E-state index contributed by atoms with van der Waals surface area (Å²) in [7, 11) is 0. The summed E-state index contributed by atoms with van der Waals surface area (Å²) in [5.74, 6) is -0.104. The molecule has 1 aliphatic heterocycles. The first kappa shape index (κ1) is 17.7. The fourth-order valence-electron chi connectivity index (χ4n) is 3.57. The standard InChI is InChI=1S/C21H24N4O2/c1-13-6-8-16(9-7-13)25-20-19(15(3)24-25)18(11-14(2)23-20)21(26)22-12-17-5-4-10-27-17/h6-9,11,17H,4-5,10,12H2,1-3H3,(H,22,26)/t17-/m0/s1. The van der Waals surface area contributed by atoms with Crippen molar-refractivity contribution in [2.75, 3.05) is 13.2 Å². The molecule has 0 bridgehead atoms. The zero-order valence-corrected chi connectivity index (χ0v) is 16.0. The molecule has 3 aromatic rings. The van der Waals surface area contributed by atoms with Gasteiger partial charge in [0.05, 0.1) is 28.4 Å². The van der Waals surface area contributed by atoms with Crippen LogP contribution in [0.5, 0.6) is 0 Å². The van der Waals surface area contributed by atoms with E-state index in [1.807, 2.05) is 48.9 Å². The summed E-state index contributed by atoms with van der Waals surface area (Å²) in [6.45, 7) is 7.18. The van der Waals surface area contributed by atoms with Crippen molar-refractivity contribution < 1.29 is 9.53 Å². The molecular weight excluding hydrogens is 340 g/mol. The van der Waals surface area contributed by atoms with E-state index in [0.29, 0.717) is 17.8 Å². The average molecular weight is 364 g/mol. The summed E-state index contributed by atoms with van der Waals surface area (Å²) in [5, 5.41) is 8.47. The number of carbonyl (C=O) groups excluding carboxylic acids is 1. The van der Waals surface area contributed by atoms with E-state index in [-0.39, 0.29) is 12.0 Å². The monoisotopic (exact) mass is 364 g/mol. The van der Waals surface area contributed by atoms with E-state index < -0.39 is 0 Å². The minimum absolute atomic E-state index is 0.104. The highest BCUT2D eigenvalue weighted by atomic mass is 16.5. The molecule has 140 valence electrons. The van der Waals surface area contributed by atoms with Gasteiger partial charge in [-0.15, -0.1) is 0 Å². The normalized spacial score (nSPS) is 16.8. The number of hydrogen-bond donors (Lipinski definition) is 1. The zero-order valence-electron chi connectivity index (χ0n) is 16.0. The quantitative estimate of drug-likeness (QED) is 0.771. The molecule has 1 amide bonds. The number of aromatic nitrogens is 3. The molecule has 1 aromatic carbocycles. The molecule has 1 aliphatic rings. The Morgan fingerprint density at radius 3 is 2.74 bits per heavy atom. The maximum atomic E-state index is 12.9. The number of pyridine rings is 1. The fourth-order valence-corrected chi connectivity index (χ4v) is 3.57. The minimum Gasteiger partial charge on any atom is -0.376 e. The van der Waals surface area contributed by atoms with Crippen molar-refractivity contribution in [3.63, 3.8) is 0 Å². The van der Waals surface area contributed by atoms with Gasteiger partial charge in [-0.05, 0) is 51.8 Å². The minimum atomic E-state index is -0.104. The number of nitrogens with one attached hydrogen (secondary N) is 1. The van der Waals surface area contributed by atoms with Crippen LogP contribution in [0.25, 0.3) is 16.7 Å². The summed E-state index contributed by atoms with van der Waals surface area (Å²) >= 11 is 0. The van der Waals surface area contributed by atoms with Crippen LogP contribution in [-0.2, 0) is 4.74 Å². The number of carbonyl (C=O) groups is 1. The molecule has 4 rings (SSSR count). The summed E-state index contributed by atoms with van der Waals surface area (Å²) < 4.78 is 7.42. The molecule has 6 nitrogen and oxygen atoms in total. The molecule has 0 radical (unpaired) electrons.